The number of benzene rings is 2. The fourth-order valence-corrected chi connectivity index (χ4v) is 2.73. The third-order valence-electron chi connectivity index (χ3n) is 3.90. The van der Waals surface area contributed by atoms with Crippen LogP contribution in [0.15, 0.2) is 66.5 Å². The highest BCUT2D eigenvalue weighted by Gasteiger charge is 2.28. The Hall–Kier alpha value is -3.79. The zero-order valence-corrected chi connectivity index (χ0v) is 13.1. The van der Waals surface area contributed by atoms with Crippen LogP contribution >= 0.6 is 0 Å². The fourth-order valence-electron chi connectivity index (χ4n) is 2.73. The number of rotatable bonds is 3. The van der Waals surface area contributed by atoms with Gasteiger partial charge in [-0.25, -0.2) is 0 Å². The summed E-state index contributed by atoms with van der Waals surface area (Å²) in [6.07, 6.45) is 1.39. The molecule has 0 saturated carbocycles. The summed E-state index contributed by atoms with van der Waals surface area (Å²) in [5, 5.41) is 16.8. The summed E-state index contributed by atoms with van der Waals surface area (Å²) in [6.45, 7) is 0. The van der Waals surface area contributed by atoms with Gasteiger partial charge in [0.05, 0.1) is 11.6 Å². The van der Waals surface area contributed by atoms with Gasteiger partial charge in [0.2, 0.25) is 5.95 Å². The predicted octanol–water partition coefficient (Wildman–Crippen LogP) is 2.89. The van der Waals surface area contributed by atoms with Crippen molar-refractivity contribution in [2.45, 2.75) is 6.04 Å². The molecule has 0 unspecified atom stereocenters. The predicted molar refractivity (Wildman–Crippen MR) is 92.4 cm³/mol. The molecule has 3 aromatic rings. The number of fused-ring (bicyclic) bond motifs is 1. The molecule has 2 aromatic carbocycles. The minimum absolute atomic E-state index is 0.271. The van der Waals surface area contributed by atoms with E-state index in [1.54, 1.807) is 0 Å². The van der Waals surface area contributed by atoms with Crippen molar-refractivity contribution in [1.29, 1.82) is 5.26 Å². The Labute approximate surface area is 144 Å². The maximum Gasteiger partial charge on any atom is 0.228 e. The summed E-state index contributed by atoms with van der Waals surface area (Å²) in [5.74, 6) is 2.18. The monoisotopic (exact) mass is 330 g/mol. The normalized spacial score (nSPS) is 15.9. The summed E-state index contributed by atoms with van der Waals surface area (Å²) < 4.78 is 7.28. The lowest BCUT2D eigenvalue weighted by atomic mass is 9.98. The van der Waals surface area contributed by atoms with Crippen LogP contribution in [0.2, 0.25) is 0 Å². The molecule has 7 nitrogen and oxygen atoms in total. The molecule has 1 aliphatic heterocycles. The highest BCUT2D eigenvalue weighted by Crippen LogP contribution is 2.34. The van der Waals surface area contributed by atoms with Crippen LogP contribution in [0.1, 0.15) is 11.6 Å². The van der Waals surface area contributed by atoms with E-state index in [0.717, 1.165) is 11.3 Å². The number of hydrogen-bond donors (Lipinski definition) is 2. The summed E-state index contributed by atoms with van der Waals surface area (Å²) in [5.41, 5.74) is 7.31. The lowest BCUT2D eigenvalue weighted by Crippen LogP contribution is -2.27. The number of hydrogen-bond acceptors (Lipinski definition) is 6. The van der Waals surface area contributed by atoms with Gasteiger partial charge in [0, 0.05) is 0 Å². The van der Waals surface area contributed by atoms with Gasteiger partial charge < -0.3 is 15.8 Å². The van der Waals surface area contributed by atoms with E-state index in [-0.39, 0.29) is 5.82 Å². The summed E-state index contributed by atoms with van der Waals surface area (Å²) >= 11 is 0. The van der Waals surface area contributed by atoms with Crippen molar-refractivity contribution in [3.05, 3.63) is 72.1 Å². The molecule has 4 rings (SSSR count). The second-order valence-electron chi connectivity index (χ2n) is 5.47. The Kier molecular flexibility index (Phi) is 3.56. The maximum absolute atomic E-state index is 9.54. The maximum atomic E-state index is 9.54. The molecule has 0 saturated heterocycles. The summed E-state index contributed by atoms with van der Waals surface area (Å²) in [4.78, 5) is 4.13. The molecule has 0 aliphatic carbocycles. The Bertz CT molecular complexity index is 986. The Morgan fingerprint density at radius 2 is 1.92 bits per heavy atom. The Morgan fingerprint density at radius 3 is 2.72 bits per heavy atom. The van der Waals surface area contributed by atoms with Gasteiger partial charge in [0.1, 0.15) is 29.7 Å². The van der Waals surface area contributed by atoms with Crippen LogP contribution in [-0.2, 0) is 0 Å². The van der Waals surface area contributed by atoms with Crippen molar-refractivity contribution < 1.29 is 4.74 Å². The van der Waals surface area contributed by atoms with Crippen molar-refractivity contribution in [2.24, 2.45) is 5.73 Å². The van der Waals surface area contributed by atoms with E-state index in [4.69, 9.17) is 10.5 Å². The zero-order chi connectivity index (χ0) is 17.2. The number of nitrogens with one attached hydrogen (secondary N) is 1. The van der Waals surface area contributed by atoms with Crippen molar-refractivity contribution in [3.8, 4) is 17.6 Å². The molecule has 0 spiro atoms. The average Bonchev–Trinajstić information content (AvgIpc) is 3.12. The number of nitrogens with zero attached hydrogens (tertiary/aromatic N) is 4. The molecule has 0 bridgehead atoms. The van der Waals surface area contributed by atoms with Crippen LogP contribution in [0, 0.1) is 11.3 Å². The first-order valence-corrected chi connectivity index (χ1v) is 7.66. The van der Waals surface area contributed by atoms with Crippen LogP contribution in [0.25, 0.3) is 5.82 Å². The van der Waals surface area contributed by atoms with Gasteiger partial charge in [-0.1, -0.05) is 30.3 Å². The van der Waals surface area contributed by atoms with Crippen molar-refractivity contribution in [3.63, 3.8) is 0 Å². The van der Waals surface area contributed by atoms with E-state index >= 15 is 0 Å². The van der Waals surface area contributed by atoms with Crippen LogP contribution < -0.4 is 15.8 Å². The third-order valence-corrected chi connectivity index (χ3v) is 3.90. The molecule has 1 aliphatic rings. The largest absolute Gasteiger partial charge is 0.457 e. The quantitative estimate of drug-likeness (QED) is 0.765. The van der Waals surface area contributed by atoms with E-state index in [1.807, 2.05) is 54.6 Å². The van der Waals surface area contributed by atoms with Gasteiger partial charge in [-0.05, 0) is 29.8 Å². The number of ether oxygens (including phenoxy) is 1. The molecule has 7 heteroatoms. The Balaban J connectivity index is 1.69. The smallest absolute Gasteiger partial charge is 0.228 e. The van der Waals surface area contributed by atoms with Crippen LogP contribution in [-0.4, -0.2) is 14.8 Å². The van der Waals surface area contributed by atoms with E-state index in [0.29, 0.717) is 17.3 Å². The van der Waals surface area contributed by atoms with Gasteiger partial charge in [0.25, 0.3) is 0 Å². The van der Waals surface area contributed by atoms with E-state index in [9.17, 15) is 5.26 Å². The number of nitrogens with two attached hydrogens (primary N) is 1. The number of para-hydroxylation sites is 1. The highest BCUT2D eigenvalue weighted by atomic mass is 16.5. The third kappa shape index (κ3) is 2.66. The molecule has 1 aromatic heterocycles. The van der Waals surface area contributed by atoms with Gasteiger partial charge in [0.15, 0.2) is 0 Å². The van der Waals surface area contributed by atoms with Crippen LogP contribution in [0.3, 0.4) is 0 Å². The minimum Gasteiger partial charge on any atom is -0.457 e. The molecular formula is C18H14N6O. The number of aromatic nitrogens is 3. The summed E-state index contributed by atoms with van der Waals surface area (Å²) in [7, 11) is 0. The topological polar surface area (TPSA) is 102 Å². The van der Waals surface area contributed by atoms with Crippen molar-refractivity contribution in [2.75, 3.05) is 5.32 Å². The fraction of sp³-hybridized carbons (Fsp3) is 0.0556. The van der Waals surface area contributed by atoms with E-state index in [1.165, 1.54) is 11.0 Å². The van der Waals surface area contributed by atoms with Gasteiger partial charge in [-0.3, -0.25) is 0 Å². The molecule has 0 amide bonds. The van der Waals surface area contributed by atoms with E-state index in [2.05, 4.69) is 21.5 Å². The van der Waals surface area contributed by atoms with Crippen LogP contribution in [0.5, 0.6) is 11.5 Å². The lowest BCUT2D eigenvalue weighted by Gasteiger charge is -2.25. The first-order chi connectivity index (χ1) is 12.3. The molecule has 3 N–H and O–H groups in total. The second kappa shape index (κ2) is 6.02. The molecule has 122 valence electrons. The number of nitriles is 1. The standard InChI is InChI=1S/C18H14N6O/c19-10-15-16(23-18-21-11-22-24(18)17(15)20)12-5-4-8-14(9-12)25-13-6-2-1-3-7-13/h1-9,11,16H,20H2,(H,21,22,23)/t16-/m1/s1. The molecular weight excluding hydrogens is 316 g/mol. The van der Waals surface area contributed by atoms with Crippen molar-refractivity contribution >= 4 is 11.8 Å². The minimum atomic E-state index is -0.416. The van der Waals surface area contributed by atoms with Crippen molar-refractivity contribution in [1.82, 2.24) is 14.8 Å². The molecule has 1 atom stereocenters. The van der Waals surface area contributed by atoms with Gasteiger partial charge in [-0.15, -0.1) is 0 Å². The first kappa shape index (κ1) is 14.8. The summed E-state index contributed by atoms with van der Waals surface area (Å²) in [6, 6.07) is 18.8. The average molecular weight is 330 g/mol. The van der Waals surface area contributed by atoms with Gasteiger partial charge >= 0.3 is 0 Å². The molecule has 25 heavy (non-hydrogen) atoms. The zero-order valence-electron chi connectivity index (χ0n) is 13.1. The highest BCUT2D eigenvalue weighted by molar-refractivity contribution is 5.65. The SMILES string of the molecule is N#CC1=C(N)n2ncnc2N[C@@H]1c1cccc(Oc2ccccc2)c1. The Morgan fingerprint density at radius 1 is 1.12 bits per heavy atom. The van der Waals surface area contributed by atoms with Gasteiger partial charge in [-0.2, -0.15) is 20.0 Å². The lowest BCUT2D eigenvalue weighted by molar-refractivity contribution is 0.481. The first-order valence-electron chi connectivity index (χ1n) is 7.66. The molecule has 0 fully saturated rings. The second-order valence-corrected chi connectivity index (χ2v) is 5.47. The number of anilines is 1. The van der Waals surface area contributed by atoms with Crippen LogP contribution in [0.4, 0.5) is 5.95 Å². The molecule has 0 radical (unpaired) electrons. The molecule has 2 heterocycles. The van der Waals surface area contributed by atoms with E-state index < -0.39 is 6.04 Å².